The van der Waals surface area contributed by atoms with Crippen LogP contribution in [0, 0.1) is 0 Å². The topological polar surface area (TPSA) is 101 Å². The van der Waals surface area contributed by atoms with Crippen LogP contribution in [0.5, 0.6) is 0 Å². The van der Waals surface area contributed by atoms with Crippen molar-refractivity contribution in [2.24, 2.45) is 5.73 Å². The minimum Gasteiger partial charge on any atom is -0.481 e. The Morgan fingerprint density at radius 1 is 1.33 bits per heavy atom. The summed E-state index contributed by atoms with van der Waals surface area (Å²) < 4.78 is 0. The fourth-order valence-corrected chi connectivity index (χ4v) is 0.402. The monoisotopic (exact) mass is 209 g/mol. The first-order valence-corrected chi connectivity index (χ1v) is 2.74. The van der Waals surface area contributed by atoms with Crippen LogP contribution in [0.3, 0.4) is 0 Å². The van der Waals surface area contributed by atoms with Gasteiger partial charge in [0, 0.05) is 6.42 Å². The second-order valence-corrected chi connectivity index (χ2v) is 1.88. The van der Waals surface area contributed by atoms with Crippen LogP contribution in [0.4, 0.5) is 0 Å². The average Bonchev–Trinajstić information content (AvgIpc) is 1.82. The molecule has 4 N–H and O–H groups in total. The number of carboxylic acid groups (broad SMARTS) is 2. The molecular weight excluding hydrogens is 198 g/mol. The Kier molecular flexibility index (Phi) is 13.5. The lowest BCUT2D eigenvalue weighted by atomic mass is 10.2. The third-order valence-corrected chi connectivity index (χ3v) is 0.986. The summed E-state index contributed by atoms with van der Waals surface area (Å²) in [6, 6.07) is -1.06. The minimum absolute atomic E-state index is 0. The first-order valence-electron chi connectivity index (χ1n) is 2.74. The number of nitrogens with two attached hydrogens (primary N) is 1. The summed E-state index contributed by atoms with van der Waals surface area (Å²) in [6.07, 6.45) is -0.224. The van der Waals surface area contributed by atoms with Crippen LogP contribution in [0.2, 0.25) is 0 Å². The molecule has 0 aromatic heterocycles. The normalized spacial score (nSPS) is 10.4. The quantitative estimate of drug-likeness (QED) is 0.504. The summed E-state index contributed by atoms with van der Waals surface area (Å²) >= 11 is 0. The first-order chi connectivity index (χ1) is 4.54. The van der Waals surface area contributed by atoms with E-state index >= 15 is 0 Å². The van der Waals surface area contributed by atoms with Crippen LogP contribution in [0.1, 0.15) is 12.8 Å². The molecule has 0 aromatic rings. The van der Waals surface area contributed by atoms with Gasteiger partial charge in [-0.15, -0.1) is 12.4 Å². The lowest BCUT2D eigenvalue weighted by Gasteiger charge is -2.01. The van der Waals surface area contributed by atoms with Crippen molar-refractivity contribution in [1.82, 2.24) is 0 Å². The van der Waals surface area contributed by atoms with E-state index < -0.39 is 18.0 Å². The lowest BCUT2D eigenvalue weighted by molar-refractivity contribution is -0.139. The molecule has 0 aliphatic carbocycles. The van der Waals surface area contributed by atoms with E-state index in [9.17, 15) is 9.59 Å². The number of rotatable bonds is 4. The van der Waals surface area contributed by atoms with E-state index in [-0.39, 0.29) is 48.3 Å². The second-order valence-electron chi connectivity index (χ2n) is 1.88. The molecule has 0 rings (SSSR count). The SMILES string of the molecule is Cl.N[C@@H](CCC(=O)O)C(=O)O.[MgH2]. The molecule has 0 saturated carbocycles. The Hall–Kier alpha value is -0.0438. The maximum atomic E-state index is 9.99. The summed E-state index contributed by atoms with van der Waals surface area (Å²) in [6.45, 7) is 0. The molecule has 0 unspecified atom stereocenters. The van der Waals surface area contributed by atoms with Crippen LogP contribution >= 0.6 is 12.4 Å². The van der Waals surface area contributed by atoms with Gasteiger partial charge in [-0.25, -0.2) is 0 Å². The van der Waals surface area contributed by atoms with Crippen LogP contribution in [-0.2, 0) is 9.59 Å². The third-order valence-electron chi connectivity index (χ3n) is 0.986. The van der Waals surface area contributed by atoms with Crippen molar-refractivity contribution in [3.8, 4) is 0 Å². The third kappa shape index (κ3) is 9.96. The van der Waals surface area contributed by atoms with Gasteiger partial charge in [0.1, 0.15) is 6.04 Å². The Labute approximate surface area is 91.9 Å². The molecule has 1 atom stereocenters. The van der Waals surface area contributed by atoms with Gasteiger partial charge < -0.3 is 15.9 Å². The van der Waals surface area contributed by atoms with Crippen molar-refractivity contribution in [2.75, 3.05) is 0 Å². The van der Waals surface area contributed by atoms with Gasteiger partial charge in [-0.2, -0.15) is 0 Å². The van der Waals surface area contributed by atoms with E-state index in [2.05, 4.69) is 0 Å². The summed E-state index contributed by atoms with van der Waals surface area (Å²) in [5.74, 6) is -2.20. The number of carbonyl (C=O) groups is 2. The Morgan fingerprint density at radius 2 is 1.75 bits per heavy atom. The zero-order valence-electron chi connectivity index (χ0n) is 5.69. The number of hydrogen-bond donors (Lipinski definition) is 3. The summed E-state index contributed by atoms with van der Waals surface area (Å²) in [4.78, 5) is 19.9. The molecule has 0 aromatic carbocycles. The van der Waals surface area contributed by atoms with Crippen LogP contribution in [-0.4, -0.2) is 51.2 Å². The maximum absolute atomic E-state index is 9.99. The molecule has 0 heterocycles. The van der Waals surface area contributed by atoms with Gasteiger partial charge in [-0.1, -0.05) is 0 Å². The molecule has 0 amide bonds. The van der Waals surface area contributed by atoms with Crippen LogP contribution < -0.4 is 5.73 Å². The number of aliphatic carboxylic acids is 2. The van der Waals surface area contributed by atoms with E-state index in [0.29, 0.717) is 0 Å². The molecule has 0 aliphatic heterocycles. The standard InChI is InChI=1S/C5H9NO4.ClH.Mg.2H/c6-3(5(9)10)1-2-4(7)8;;;;/h3H,1-2,6H2,(H,7,8)(H,9,10);1H;;;/t3-;;;;/m0..../s1. The molecule has 70 valence electrons. The zero-order valence-corrected chi connectivity index (χ0v) is 6.50. The fourth-order valence-electron chi connectivity index (χ4n) is 0.402. The molecule has 12 heavy (non-hydrogen) atoms. The summed E-state index contributed by atoms with van der Waals surface area (Å²) in [5.41, 5.74) is 5.00. The van der Waals surface area contributed by atoms with Crippen LogP contribution in [0.25, 0.3) is 0 Å². The van der Waals surface area contributed by atoms with Crippen molar-refractivity contribution in [1.29, 1.82) is 0 Å². The number of halogens is 1. The minimum atomic E-state index is -1.17. The highest BCUT2D eigenvalue weighted by molar-refractivity contribution is 5.85. The van der Waals surface area contributed by atoms with Crippen LogP contribution in [0.15, 0.2) is 0 Å². The summed E-state index contributed by atoms with van der Waals surface area (Å²) in [7, 11) is 0. The molecule has 7 heteroatoms. The highest BCUT2D eigenvalue weighted by atomic mass is 35.5. The van der Waals surface area contributed by atoms with Gasteiger partial charge in [0.15, 0.2) is 0 Å². The van der Waals surface area contributed by atoms with E-state index in [1.54, 1.807) is 0 Å². The molecule has 0 aliphatic rings. The highest BCUT2D eigenvalue weighted by Crippen LogP contribution is 1.93. The zero-order chi connectivity index (χ0) is 8.15. The van der Waals surface area contributed by atoms with E-state index in [1.807, 2.05) is 0 Å². The van der Waals surface area contributed by atoms with E-state index in [4.69, 9.17) is 15.9 Å². The maximum Gasteiger partial charge on any atom is 0.320 e. The molecule has 0 bridgehead atoms. The molecule has 0 saturated heterocycles. The molecular formula is C5H12ClMgNO4. The van der Waals surface area contributed by atoms with Gasteiger partial charge in [-0.05, 0) is 6.42 Å². The van der Waals surface area contributed by atoms with Gasteiger partial charge in [-0.3, -0.25) is 9.59 Å². The smallest absolute Gasteiger partial charge is 0.320 e. The predicted molar refractivity (Wildman–Crippen MR) is 48.3 cm³/mol. The predicted octanol–water partition coefficient (Wildman–Crippen LogP) is -1.23. The van der Waals surface area contributed by atoms with Crippen molar-refractivity contribution in [3.05, 3.63) is 0 Å². The van der Waals surface area contributed by atoms with Crippen molar-refractivity contribution >= 4 is 47.4 Å². The van der Waals surface area contributed by atoms with Crippen molar-refractivity contribution in [2.45, 2.75) is 18.9 Å². The average molecular weight is 210 g/mol. The number of carboxylic acids is 2. The Bertz CT molecular complexity index is 154. The molecule has 5 nitrogen and oxygen atoms in total. The first kappa shape index (κ1) is 17.9. The Balaban J connectivity index is -0.000000405. The van der Waals surface area contributed by atoms with E-state index in [1.165, 1.54) is 0 Å². The molecule has 0 spiro atoms. The van der Waals surface area contributed by atoms with Crippen molar-refractivity contribution < 1.29 is 19.8 Å². The van der Waals surface area contributed by atoms with E-state index in [0.717, 1.165) is 0 Å². The highest BCUT2D eigenvalue weighted by Gasteiger charge is 2.12. The van der Waals surface area contributed by atoms with Gasteiger partial charge in [0.05, 0.1) is 0 Å². The fraction of sp³-hybridized carbons (Fsp3) is 0.600. The van der Waals surface area contributed by atoms with Crippen molar-refractivity contribution in [3.63, 3.8) is 0 Å². The van der Waals surface area contributed by atoms with Gasteiger partial charge in [0.25, 0.3) is 0 Å². The van der Waals surface area contributed by atoms with Gasteiger partial charge in [0.2, 0.25) is 0 Å². The lowest BCUT2D eigenvalue weighted by Crippen LogP contribution is -2.30. The Morgan fingerprint density at radius 3 is 2.00 bits per heavy atom. The molecule has 0 fully saturated rings. The van der Waals surface area contributed by atoms with Gasteiger partial charge >= 0.3 is 35.0 Å². The largest absolute Gasteiger partial charge is 0.481 e. The number of hydrogen-bond acceptors (Lipinski definition) is 3. The molecule has 0 radical (unpaired) electrons. The summed E-state index contributed by atoms with van der Waals surface area (Å²) in [5, 5.41) is 16.3. The second kappa shape index (κ2) is 9.05.